The van der Waals surface area contributed by atoms with Crippen LogP contribution in [0.5, 0.6) is 0 Å². The number of hydrogen-bond donors (Lipinski definition) is 1. The Balaban J connectivity index is 1.84. The van der Waals surface area contributed by atoms with Gasteiger partial charge in [0.15, 0.2) is 6.29 Å². The number of ether oxygens (including phenoxy) is 2. The van der Waals surface area contributed by atoms with Gasteiger partial charge in [-0.2, -0.15) is 0 Å². The molecule has 1 N–H and O–H groups in total. The van der Waals surface area contributed by atoms with Crippen molar-refractivity contribution in [2.45, 2.75) is 63.8 Å². The van der Waals surface area contributed by atoms with Crippen LogP contribution in [0.2, 0.25) is 5.04 Å². The molecule has 36 heavy (non-hydrogen) atoms. The molecule has 4 unspecified atom stereocenters. The zero-order valence-electron chi connectivity index (χ0n) is 21.7. The lowest BCUT2D eigenvalue weighted by atomic mass is 9.99. The molecule has 5 heteroatoms. The van der Waals surface area contributed by atoms with Crippen LogP contribution in [0.4, 0.5) is 0 Å². The van der Waals surface area contributed by atoms with Gasteiger partial charge in [0.2, 0.25) is 0 Å². The van der Waals surface area contributed by atoms with Crippen molar-refractivity contribution in [1.82, 2.24) is 0 Å². The van der Waals surface area contributed by atoms with Gasteiger partial charge >= 0.3 is 0 Å². The van der Waals surface area contributed by atoms with Crippen molar-refractivity contribution in [1.29, 1.82) is 0 Å². The lowest BCUT2D eigenvalue weighted by Crippen LogP contribution is -2.67. The summed E-state index contributed by atoms with van der Waals surface area (Å²) in [6.45, 7) is 9.25. The molecule has 1 aliphatic rings. The number of rotatable bonds is 9. The predicted molar refractivity (Wildman–Crippen MR) is 148 cm³/mol. The lowest BCUT2D eigenvalue weighted by molar-refractivity contribution is -0.191. The van der Waals surface area contributed by atoms with E-state index in [9.17, 15) is 5.11 Å². The minimum absolute atomic E-state index is 0.223. The molecule has 3 aromatic rings. The van der Waals surface area contributed by atoms with E-state index >= 15 is 0 Å². The van der Waals surface area contributed by atoms with Crippen LogP contribution < -0.4 is 10.4 Å². The maximum Gasteiger partial charge on any atom is 0.262 e. The van der Waals surface area contributed by atoms with E-state index in [0.717, 1.165) is 5.56 Å². The second-order valence-electron chi connectivity index (χ2n) is 10.3. The van der Waals surface area contributed by atoms with Crippen molar-refractivity contribution in [3.63, 3.8) is 0 Å². The van der Waals surface area contributed by atoms with E-state index in [2.05, 4.69) is 69.3 Å². The van der Waals surface area contributed by atoms with Gasteiger partial charge < -0.3 is 19.0 Å². The van der Waals surface area contributed by atoms with Gasteiger partial charge in [-0.3, -0.25) is 0 Å². The fourth-order valence-corrected chi connectivity index (χ4v) is 9.79. The first-order chi connectivity index (χ1) is 17.4. The van der Waals surface area contributed by atoms with Gasteiger partial charge in [0.1, 0.15) is 18.3 Å². The third-order valence-corrected chi connectivity index (χ3v) is 11.8. The first-order valence-electron chi connectivity index (χ1n) is 12.8. The Labute approximate surface area is 216 Å². The van der Waals surface area contributed by atoms with E-state index in [1.54, 1.807) is 0 Å². The third kappa shape index (κ3) is 5.56. The first kappa shape index (κ1) is 26.5. The van der Waals surface area contributed by atoms with Crippen LogP contribution in [0.3, 0.4) is 0 Å². The molecule has 0 fully saturated rings. The highest BCUT2D eigenvalue weighted by Crippen LogP contribution is 2.41. The Morgan fingerprint density at radius 1 is 0.889 bits per heavy atom. The third-order valence-electron chi connectivity index (χ3n) is 6.81. The summed E-state index contributed by atoms with van der Waals surface area (Å²) in [5.41, 5.74) is 0.925. The Morgan fingerprint density at radius 3 is 1.92 bits per heavy atom. The standard InChI is InChI=1S/C31H38O4Si/c1-5-33-28-23-15-22-27(34-28)29(32)30(24-16-9-6-10-17-24)35-36(31(2,3)4,25-18-11-7-12-19-25)26-20-13-8-14-21-26/h6-22,27-30,32H,5,23H2,1-4H3. The second kappa shape index (κ2) is 11.7. The molecule has 0 saturated carbocycles. The van der Waals surface area contributed by atoms with E-state index < -0.39 is 26.6 Å². The van der Waals surface area contributed by atoms with Crippen molar-refractivity contribution in [3.05, 3.63) is 109 Å². The normalized spacial score (nSPS) is 20.1. The van der Waals surface area contributed by atoms with Crippen LogP contribution in [0, 0.1) is 0 Å². The summed E-state index contributed by atoms with van der Waals surface area (Å²) in [5.74, 6) is 0. The summed E-state index contributed by atoms with van der Waals surface area (Å²) in [6, 6.07) is 31.0. The molecule has 3 aromatic carbocycles. The molecular weight excluding hydrogens is 464 g/mol. The van der Waals surface area contributed by atoms with Gasteiger partial charge in [-0.1, -0.05) is 124 Å². The average Bonchev–Trinajstić information content (AvgIpc) is 2.90. The van der Waals surface area contributed by atoms with Crippen molar-refractivity contribution in [3.8, 4) is 0 Å². The molecule has 0 spiro atoms. The molecule has 4 atom stereocenters. The average molecular weight is 503 g/mol. The van der Waals surface area contributed by atoms with Crippen LogP contribution in [0.25, 0.3) is 0 Å². The predicted octanol–water partition coefficient (Wildman–Crippen LogP) is 5.37. The second-order valence-corrected chi connectivity index (χ2v) is 14.5. The number of aliphatic hydroxyl groups excluding tert-OH is 1. The van der Waals surface area contributed by atoms with Crippen molar-refractivity contribution in [2.75, 3.05) is 6.61 Å². The van der Waals surface area contributed by atoms with Crippen LogP contribution >= 0.6 is 0 Å². The molecule has 0 radical (unpaired) electrons. The minimum Gasteiger partial charge on any atom is -0.398 e. The molecule has 0 amide bonds. The Kier molecular flexibility index (Phi) is 8.60. The highest BCUT2D eigenvalue weighted by molar-refractivity contribution is 6.99. The number of hydrogen-bond acceptors (Lipinski definition) is 4. The Hall–Kier alpha value is -2.54. The van der Waals surface area contributed by atoms with Crippen molar-refractivity contribution < 1.29 is 19.0 Å². The summed E-state index contributed by atoms with van der Waals surface area (Å²) >= 11 is 0. The molecule has 0 saturated heterocycles. The Morgan fingerprint density at radius 2 is 1.42 bits per heavy atom. The number of aliphatic hydroxyl groups is 1. The molecule has 1 heterocycles. The van der Waals surface area contributed by atoms with Crippen LogP contribution in [-0.2, 0) is 13.9 Å². The monoisotopic (exact) mass is 502 g/mol. The van der Waals surface area contributed by atoms with Crippen LogP contribution in [0.15, 0.2) is 103 Å². The van der Waals surface area contributed by atoms with Gasteiger partial charge in [0.05, 0.1) is 0 Å². The zero-order chi connectivity index (χ0) is 25.6. The maximum absolute atomic E-state index is 11.9. The largest absolute Gasteiger partial charge is 0.398 e. The van der Waals surface area contributed by atoms with Crippen LogP contribution in [0.1, 0.15) is 45.8 Å². The lowest BCUT2D eigenvalue weighted by Gasteiger charge is -2.46. The first-order valence-corrected chi connectivity index (χ1v) is 14.7. The van der Waals surface area contributed by atoms with Gasteiger partial charge in [-0.15, -0.1) is 0 Å². The molecule has 4 rings (SSSR count). The van der Waals surface area contributed by atoms with Crippen molar-refractivity contribution in [2.24, 2.45) is 0 Å². The van der Waals surface area contributed by atoms with E-state index in [0.29, 0.717) is 13.0 Å². The molecule has 1 aliphatic heterocycles. The fraction of sp³-hybridized carbons (Fsp3) is 0.355. The molecule has 190 valence electrons. The smallest absolute Gasteiger partial charge is 0.262 e. The van der Waals surface area contributed by atoms with E-state index in [4.69, 9.17) is 13.9 Å². The van der Waals surface area contributed by atoms with Gasteiger partial charge in [0, 0.05) is 13.0 Å². The summed E-state index contributed by atoms with van der Waals surface area (Å²) in [6.07, 6.45) is 2.19. The quantitative estimate of drug-likeness (QED) is 0.316. The highest BCUT2D eigenvalue weighted by atomic mass is 28.4. The summed E-state index contributed by atoms with van der Waals surface area (Å²) < 4.78 is 19.3. The molecule has 0 aliphatic carbocycles. The molecule has 4 nitrogen and oxygen atoms in total. The summed E-state index contributed by atoms with van der Waals surface area (Å²) in [5, 5.41) is 14.0. The van der Waals surface area contributed by atoms with E-state index in [1.165, 1.54) is 10.4 Å². The Bertz CT molecular complexity index is 1060. The minimum atomic E-state index is -2.92. The number of benzene rings is 3. The summed E-state index contributed by atoms with van der Waals surface area (Å²) in [4.78, 5) is 0. The van der Waals surface area contributed by atoms with Crippen molar-refractivity contribution >= 4 is 18.7 Å². The van der Waals surface area contributed by atoms with Gasteiger partial charge in [0.25, 0.3) is 8.32 Å². The maximum atomic E-state index is 11.9. The van der Waals surface area contributed by atoms with Gasteiger partial charge in [-0.05, 0) is 27.9 Å². The molecule has 0 aromatic heterocycles. The van der Waals surface area contributed by atoms with E-state index in [-0.39, 0.29) is 11.3 Å². The van der Waals surface area contributed by atoms with Crippen LogP contribution in [-0.4, -0.2) is 38.5 Å². The van der Waals surface area contributed by atoms with E-state index in [1.807, 2.05) is 61.5 Å². The fourth-order valence-electron chi connectivity index (χ4n) is 5.12. The molecule has 0 bridgehead atoms. The zero-order valence-corrected chi connectivity index (χ0v) is 22.7. The molecular formula is C31H38O4Si. The topological polar surface area (TPSA) is 47.9 Å². The highest BCUT2D eigenvalue weighted by Gasteiger charge is 2.53. The SMILES string of the molecule is CCOC1CC=CC(C(O)C(O[Si](c2ccccc2)(c2ccccc2)C(C)(C)C)c2ccccc2)O1. The summed E-state index contributed by atoms with van der Waals surface area (Å²) in [7, 11) is -2.92. The van der Waals surface area contributed by atoms with Gasteiger partial charge in [-0.25, -0.2) is 0 Å².